The topological polar surface area (TPSA) is 90.2 Å². The van der Waals surface area contributed by atoms with E-state index in [1.165, 1.54) is 6.07 Å². The van der Waals surface area contributed by atoms with Crippen molar-refractivity contribution in [3.63, 3.8) is 0 Å². The quantitative estimate of drug-likeness (QED) is 0.602. The monoisotopic (exact) mass is 498 g/mol. The molecule has 2 saturated heterocycles. The number of halogens is 3. The number of carbonyl (C=O) groups is 1. The van der Waals surface area contributed by atoms with Crippen LogP contribution in [0.25, 0.3) is 0 Å². The van der Waals surface area contributed by atoms with Gasteiger partial charge >= 0.3 is 12.4 Å². The van der Waals surface area contributed by atoms with Crippen LogP contribution in [0.3, 0.4) is 0 Å². The fraction of sp³-hybridized carbons (Fsp3) is 0.609. The summed E-state index contributed by atoms with van der Waals surface area (Å²) in [6.45, 7) is 4.85. The second-order valence-corrected chi connectivity index (χ2v) is 8.78. The van der Waals surface area contributed by atoms with E-state index >= 15 is 0 Å². The van der Waals surface area contributed by atoms with Crippen LogP contribution in [0.5, 0.6) is 5.75 Å². The number of methoxy groups -OCH3 is 1. The Morgan fingerprint density at radius 3 is 2.60 bits per heavy atom. The number of carbonyl (C=O) groups excluding carboxylic acids is 1. The van der Waals surface area contributed by atoms with Crippen LogP contribution in [0, 0.1) is 6.92 Å². The standard InChI is InChI=1S/C23H29F3N4O5/c1-15-11-16(3-4-19(15)34-23(24,25)26)17-12-18(21-27-20(28-35-21)5-8-32-2)14-30(13-17)22(31)29-6-9-33-10-7-29/h3-4,11,17-18H,5-10,12-14H2,1-2H3. The lowest BCUT2D eigenvalue weighted by molar-refractivity contribution is -0.274. The highest BCUT2D eigenvalue weighted by atomic mass is 19.4. The van der Waals surface area contributed by atoms with Crippen molar-refractivity contribution in [1.29, 1.82) is 0 Å². The first-order valence-corrected chi connectivity index (χ1v) is 11.5. The molecule has 1 aromatic heterocycles. The number of piperidine rings is 1. The van der Waals surface area contributed by atoms with E-state index in [1.807, 2.05) is 0 Å². The van der Waals surface area contributed by atoms with Gasteiger partial charge in [-0.1, -0.05) is 17.3 Å². The first-order valence-electron chi connectivity index (χ1n) is 11.5. The van der Waals surface area contributed by atoms with E-state index in [0.29, 0.717) is 76.1 Å². The van der Waals surface area contributed by atoms with Gasteiger partial charge in [-0.05, 0) is 30.5 Å². The van der Waals surface area contributed by atoms with Crippen molar-refractivity contribution >= 4 is 6.03 Å². The number of alkyl halides is 3. The molecule has 192 valence electrons. The molecule has 0 bridgehead atoms. The van der Waals surface area contributed by atoms with Crippen molar-refractivity contribution in [2.75, 3.05) is 53.1 Å². The number of aryl methyl sites for hydroxylation is 1. The first kappa shape index (κ1) is 25.2. The molecule has 4 rings (SSSR count). The van der Waals surface area contributed by atoms with Crippen LogP contribution in [0.1, 0.15) is 41.1 Å². The van der Waals surface area contributed by atoms with Crippen molar-refractivity contribution in [2.45, 2.75) is 38.0 Å². The number of ether oxygens (including phenoxy) is 3. The number of likely N-dealkylation sites (tertiary alicyclic amines) is 1. The van der Waals surface area contributed by atoms with Crippen molar-refractivity contribution in [1.82, 2.24) is 19.9 Å². The number of amides is 2. The van der Waals surface area contributed by atoms with E-state index < -0.39 is 6.36 Å². The summed E-state index contributed by atoms with van der Waals surface area (Å²) < 4.78 is 58.2. The lowest BCUT2D eigenvalue weighted by Crippen LogP contribution is -2.52. The summed E-state index contributed by atoms with van der Waals surface area (Å²) in [4.78, 5) is 21.3. The molecule has 0 N–H and O–H groups in total. The van der Waals surface area contributed by atoms with Gasteiger partial charge in [-0.25, -0.2) is 4.79 Å². The van der Waals surface area contributed by atoms with Gasteiger partial charge in [0, 0.05) is 45.6 Å². The summed E-state index contributed by atoms with van der Waals surface area (Å²) in [5.74, 6) is 0.379. The lowest BCUT2D eigenvalue weighted by Gasteiger charge is -2.40. The van der Waals surface area contributed by atoms with Gasteiger partial charge in [0.2, 0.25) is 5.89 Å². The molecular formula is C23H29F3N4O5. The van der Waals surface area contributed by atoms with Gasteiger partial charge < -0.3 is 28.5 Å². The van der Waals surface area contributed by atoms with Crippen LogP contribution in [-0.2, 0) is 15.9 Å². The molecule has 0 saturated carbocycles. The smallest absolute Gasteiger partial charge is 0.406 e. The Morgan fingerprint density at radius 2 is 1.91 bits per heavy atom. The SMILES string of the molecule is COCCc1noc(C2CC(c3ccc(OC(F)(F)F)c(C)c3)CN(C(=O)N3CCOCC3)C2)n1. The number of urea groups is 1. The fourth-order valence-electron chi connectivity index (χ4n) is 4.52. The number of aromatic nitrogens is 2. The molecule has 1 aromatic carbocycles. The summed E-state index contributed by atoms with van der Waals surface area (Å²) in [5, 5.41) is 4.03. The molecule has 35 heavy (non-hydrogen) atoms. The van der Waals surface area contributed by atoms with Gasteiger partial charge in [0.15, 0.2) is 5.82 Å². The summed E-state index contributed by atoms with van der Waals surface area (Å²) in [7, 11) is 1.59. The molecule has 0 aliphatic carbocycles. The molecule has 12 heteroatoms. The highest BCUT2D eigenvalue weighted by Crippen LogP contribution is 2.37. The zero-order valence-electron chi connectivity index (χ0n) is 19.7. The van der Waals surface area contributed by atoms with Crippen LogP contribution in [0.2, 0.25) is 0 Å². The molecule has 9 nitrogen and oxygen atoms in total. The van der Waals surface area contributed by atoms with Crippen LogP contribution < -0.4 is 4.74 Å². The molecule has 2 aliphatic rings. The normalized spacial score (nSPS) is 21.3. The zero-order chi connectivity index (χ0) is 25.0. The minimum Gasteiger partial charge on any atom is -0.406 e. The molecule has 2 aliphatic heterocycles. The van der Waals surface area contributed by atoms with Crippen molar-refractivity contribution < 1.29 is 36.7 Å². The van der Waals surface area contributed by atoms with Gasteiger partial charge in [0.25, 0.3) is 0 Å². The van der Waals surface area contributed by atoms with E-state index in [-0.39, 0.29) is 23.6 Å². The second-order valence-electron chi connectivity index (χ2n) is 8.78. The summed E-state index contributed by atoms with van der Waals surface area (Å²) in [5.41, 5.74) is 1.19. The summed E-state index contributed by atoms with van der Waals surface area (Å²) in [6.07, 6.45) is -3.65. The highest BCUT2D eigenvalue weighted by Gasteiger charge is 2.37. The zero-order valence-corrected chi connectivity index (χ0v) is 19.7. The van der Waals surface area contributed by atoms with Crippen molar-refractivity contribution in [2.24, 2.45) is 0 Å². The van der Waals surface area contributed by atoms with Crippen LogP contribution in [0.15, 0.2) is 22.7 Å². The minimum absolute atomic E-state index is 0.101. The van der Waals surface area contributed by atoms with E-state index in [9.17, 15) is 18.0 Å². The number of hydrogen-bond acceptors (Lipinski definition) is 7. The van der Waals surface area contributed by atoms with Gasteiger partial charge in [-0.15, -0.1) is 13.2 Å². The number of rotatable bonds is 6. The number of morpholine rings is 1. The Bertz CT molecular complexity index is 1010. The predicted octanol–water partition coefficient (Wildman–Crippen LogP) is 3.49. The Morgan fingerprint density at radius 1 is 1.17 bits per heavy atom. The maximum absolute atomic E-state index is 13.3. The molecular weight excluding hydrogens is 469 g/mol. The van der Waals surface area contributed by atoms with E-state index in [0.717, 1.165) is 5.56 Å². The number of nitrogens with zero attached hydrogens (tertiary/aromatic N) is 4. The van der Waals surface area contributed by atoms with Crippen LogP contribution in [-0.4, -0.2) is 85.4 Å². The van der Waals surface area contributed by atoms with Gasteiger partial charge in [-0.3, -0.25) is 0 Å². The van der Waals surface area contributed by atoms with E-state index in [1.54, 1.807) is 36.0 Å². The third-order valence-electron chi connectivity index (χ3n) is 6.26. The van der Waals surface area contributed by atoms with Crippen molar-refractivity contribution in [3.8, 4) is 5.75 Å². The molecule has 2 unspecified atom stereocenters. The number of hydrogen-bond donors (Lipinski definition) is 0. The fourth-order valence-corrected chi connectivity index (χ4v) is 4.52. The molecule has 0 spiro atoms. The lowest BCUT2D eigenvalue weighted by atomic mass is 9.84. The maximum Gasteiger partial charge on any atom is 0.573 e. The molecule has 2 fully saturated rings. The number of benzene rings is 1. The average molecular weight is 499 g/mol. The predicted molar refractivity (Wildman–Crippen MR) is 117 cm³/mol. The van der Waals surface area contributed by atoms with E-state index in [2.05, 4.69) is 14.9 Å². The Kier molecular flexibility index (Phi) is 7.80. The Balaban J connectivity index is 1.57. The maximum atomic E-state index is 13.3. The van der Waals surface area contributed by atoms with E-state index in [4.69, 9.17) is 14.0 Å². The van der Waals surface area contributed by atoms with Gasteiger partial charge in [-0.2, -0.15) is 4.98 Å². The first-order chi connectivity index (χ1) is 16.7. The second kappa shape index (κ2) is 10.8. The van der Waals surface area contributed by atoms with Crippen molar-refractivity contribution in [3.05, 3.63) is 41.0 Å². The van der Waals surface area contributed by atoms with Crippen LogP contribution >= 0.6 is 0 Å². The van der Waals surface area contributed by atoms with Gasteiger partial charge in [0.05, 0.1) is 25.7 Å². The minimum atomic E-state index is -4.76. The molecule has 2 amide bonds. The Hall–Kier alpha value is -2.86. The molecule has 2 aromatic rings. The average Bonchev–Trinajstić information content (AvgIpc) is 3.32. The largest absolute Gasteiger partial charge is 0.573 e. The summed E-state index contributed by atoms with van der Waals surface area (Å²) in [6, 6.07) is 4.53. The third-order valence-corrected chi connectivity index (χ3v) is 6.26. The summed E-state index contributed by atoms with van der Waals surface area (Å²) >= 11 is 0. The van der Waals surface area contributed by atoms with Gasteiger partial charge in [0.1, 0.15) is 5.75 Å². The molecule has 0 radical (unpaired) electrons. The van der Waals surface area contributed by atoms with Crippen LogP contribution in [0.4, 0.5) is 18.0 Å². The Labute approximate surface area is 201 Å². The molecule has 3 heterocycles. The highest BCUT2D eigenvalue weighted by molar-refractivity contribution is 5.75. The third kappa shape index (κ3) is 6.43. The molecule has 2 atom stereocenters.